The van der Waals surface area contributed by atoms with Gasteiger partial charge >= 0.3 is 6.09 Å². The Labute approximate surface area is 441 Å². The van der Waals surface area contributed by atoms with Crippen molar-refractivity contribution in [1.82, 2.24) is 47.9 Å². The van der Waals surface area contributed by atoms with Crippen LogP contribution in [0.1, 0.15) is 77.7 Å². The molecule has 28 heteroatoms. The molecule has 0 radical (unpaired) electrons. The van der Waals surface area contributed by atoms with Crippen molar-refractivity contribution in [3.8, 4) is 0 Å². The molecule has 1 aromatic rings. The number of nitrogens with zero attached hydrogens (tertiary/aromatic N) is 1. The monoisotopic (exact) mass is 1070 g/mol. The lowest BCUT2D eigenvalue weighted by Crippen LogP contribution is -2.64. The first kappa shape index (κ1) is 63.3. The lowest BCUT2D eigenvalue weighted by Gasteiger charge is -2.31. The Morgan fingerprint density at radius 2 is 1.36 bits per heavy atom. The van der Waals surface area contributed by atoms with Crippen LogP contribution >= 0.6 is 0 Å². The zero-order valence-corrected chi connectivity index (χ0v) is 43.3. The van der Waals surface area contributed by atoms with Crippen LogP contribution in [0, 0.1) is 17.8 Å². The number of hydrogen-bond acceptors (Lipinski definition) is 17. The summed E-state index contributed by atoms with van der Waals surface area (Å²) in [6, 6.07) is -0.908. The molecule has 6 unspecified atom stereocenters. The molecule has 2 aliphatic rings. The summed E-state index contributed by atoms with van der Waals surface area (Å²) in [5, 5.41) is 55.6. The highest BCUT2D eigenvalue weighted by molar-refractivity contribution is 6.02. The minimum Gasteiger partial charge on any atom is -0.445 e. The van der Waals surface area contributed by atoms with Crippen molar-refractivity contribution in [3.05, 3.63) is 47.7 Å². The van der Waals surface area contributed by atoms with E-state index in [2.05, 4.69) is 52.8 Å². The van der Waals surface area contributed by atoms with Crippen LogP contribution in [0.4, 0.5) is 4.79 Å². The molecule has 1 heterocycles. The van der Waals surface area contributed by atoms with Crippen LogP contribution in [-0.2, 0) is 49.7 Å². The van der Waals surface area contributed by atoms with Gasteiger partial charge < -0.3 is 96.6 Å². The third kappa shape index (κ3) is 21.0. The molecule has 1 aliphatic heterocycles. The largest absolute Gasteiger partial charge is 0.445 e. The lowest BCUT2D eigenvalue weighted by atomic mass is 9.81. The van der Waals surface area contributed by atoms with Gasteiger partial charge in [0.1, 0.15) is 54.7 Å². The van der Waals surface area contributed by atoms with Crippen LogP contribution < -0.4 is 76.5 Å². The Hall–Kier alpha value is -6.98. The van der Waals surface area contributed by atoms with E-state index < -0.39 is 139 Å². The van der Waals surface area contributed by atoms with E-state index in [9.17, 15) is 58.5 Å². The molecule has 22 N–H and O–H groups in total. The summed E-state index contributed by atoms with van der Waals surface area (Å²) < 4.78 is 5.29. The van der Waals surface area contributed by atoms with Gasteiger partial charge in [-0.15, -0.1) is 0 Å². The van der Waals surface area contributed by atoms with Crippen LogP contribution in [0.15, 0.2) is 47.1 Å². The number of amides is 9. The van der Waals surface area contributed by atoms with Gasteiger partial charge in [-0.05, 0) is 82.2 Å². The highest BCUT2D eigenvalue weighted by Gasteiger charge is 2.39. The van der Waals surface area contributed by atoms with Crippen LogP contribution in [0.3, 0.4) is 0 Å². The second kappa shape index (κ2) is 32.5. The fourth-order valence-corrected chi connectivity index (χ4v) is 8.28. The van der Waals surface area contributed by atoms with Crippen LogP contribution in [0.25, 0.3) is 0 Å². The minimum atomic E-state index is -1.97. The molecular weight excluding hydrogens is 995 g/mol. The molecule has 9 atom stereocenters. The van der Waals surface area contributed by atoms with Crippen molar-refractivity contribution in [2.45, 2.75) is 133 Å². The molecule has 0 aromatic heterocycles. The quantitative estimate of drug-likeness (QED) is 0.0282. The number of β-amino-alcohol motifs (C(OH)–C–C–N with tert-alkyl or cyclic N) is 1. The molecular formula is C48H79N15O13. The van der Waals surface area contributed by atoms with Gasteiger partial charge in [0.2, 0.25) is 41.4 Å². The fourth-order valence-electron chi connectivity index (χ4n) is 8.28. The summed E-state index contributed by atoms with van der Waals surface area (Å²) in [4.78, 5) is 128. The number of rotatable bonds is 18. The second-order valence-corrected chi connectivity index (χ2v) is 19.0. The molecule has 28 nitrogen and oxygen atoms in total. The van der Waals surface area contributed by atoms with E-state index in [0.717, 1.165) is 5.56 Å². The zero-order chi connectivity index (χ0) is 56.5. The Morgan fingerprint density at radius 1 is 0.776 bits per heavy atom. The first-order valence-corrected chi connectivity index (χ1v) is 25.3. The first-order chi connectivity index (χ1) is 36.1. The molecule has 76 heavy (non-hydrogen) atoms. The van der Waals surface area contributed by atoms with E-state index in [0.29, 0.717) is 25.7 Å². The first-order valence-electron chi connectivity index (χ1n) is 25.3. The van der Waals surface area contributed by atoms with Gasteiger partial charge in [0.25, 0.3) is 5.91 Å². The number of alkyl carbamates (subject to hydrolysis) is 1. The summed E-state index contributed by atoms with van der Waals surface area (Å²) in [6.45, 7) is 2.99. The normalized spacial score (nSPS) is 26.2. The predicted molar refractivity (Wildman–Crippen MR) is 276 cm³/mol. The fraction of sp³-hybridized carbons (Fsp3) is 0.625. The minimum absolute atomic E-state index is 0.00328. The number of carbonyl (C=O) groups is 9. The van der Waals surface area contributed by atoms with Crippen molar-refractivity contribution in [1.29, 1.82) is 0 Å². The number of nitrogens with two attached hydrogens (primary N) is 5. The topological polar surface area (TPSA) is 474 Å². The lowest BCUT2D eigenvalue weighted by molar-refractivity contribution is -0.138. The Kier molecular flexibility index (Phi) is 27.0. The van der Waals surface area contributed by atoms with Crippen molar-refractivity contribution >= 4 is 59.3 Å². The third-order valence-corrected chi connectivity index (χ3v) is 12.6. The van der Waals surface area contributed by atoms with E-state index in [4.69, 9.17) is 33.4 Å². The second-order valence-electron chi connectivity index (χ2n) is 19.0. The van der Waals surface area contributed by atoms with Crippen molar-refractivity contribution in [3.63, 3.8) is 0 Å². The molecule has 3 rings (SSSR count). The summed E-state index contributed by atoms with van der Waals surface area (Å²) >= 11 is 0. The standard InChI is InChI=1S/C48H79N15O13/c1-4-29-40(68)59-31(16-17-49)41(69)60-32(19-25(2)3)43(71)58-30(11-8-18-54-47(52)53)42(70)62-37(34(65)21-51)46(74)63-36(33(64)20-50)44(72)55-23-35(66)38(45(73)57-29)61-39(67)28-14-12-26(13-15-28)22-56-48(75)76-24-27-9-6-5-7-10-27/h4-7,9-10,25-26,28,30-38,64-66H,8,11-24,49-51H2,1-3H3,(H,55,72)(H,56,75)(H,57,73)(H,58,71)(H,59,68)(H,60,69)(H,61,67)(H,62,70)(H,63,74)(H4,52,53,54)/b29-4-/t26?,28?,30-,31-,32-,33?,34?,35?,36?,37?,38?/m0/s1. The number of nitrogens with one attached hydrogen (secondary N) is 9. The number of benzene rings is 1. The predicted octanol–water partition coefficient (Wildman–Crippen LogP) is -5.77. The number of hydrogen-bond donors (Lipinski definition) is 17. The van der Waals surface area contributed by atoms with Crippen LogP contribution in [0.5, 0.6) is 0 Å². The smallest absolute Gasteiger partial charge is 0.407 e. The SMILES string of the molecule is C/C=C1\NC(=O)C(NC(=O)C2CCC(CNC(=O)OCc3ccccc3)CC2)C(O)CNC(=O)C(C(O)CN)NC(=O)C(C(O)CN)NC(=O)[C@H](CCCN=C(N)N)NC(=O)[C@H](CC(C)C)NC(=O)[C@H](CCN)NC1=O. The Balaban J connectivity index is 1.99. The number of ether oxygens (including phenoxy) is 1. The van der Waals surface area contributed by atoms with Crippen LogP contribution in [-0.4, -0.2) is 168 Å². The number of allylic oxidation sites excluding steroid dienone is 1. The third-order valence-electron chi connectivity index (χ3n) is 12.6. The maximum absolute atomic E-state index is 14.2. The van der Waals surface area contributed by atoms with E-state index in [1.165, 1.54) is 13.0 Å². The number of carbonyl (C=O) groups excluding carboxylic acids is 9. The highest BCUT2D eigenvalue weighted by atomic mass is 16.5. The maximum atomic E-state index is 14.2. The van der Waals surface area contributed by atoms with Gasteiger partial charge in [-0.2, -0.15) is 0 Å². The van der Waals surface area contributed by atoms with E-state index in [1.54, 1.807) is 13.8 Å². The summed E-state index contributed by atoms with van der Waals surface area (Å²) in [7, 11) is 0. The molecule has 2 fully saturated rings. The summed E-state index contributed by atoms with van der Waals surface area (Å²) in [5.74, 6) is -9.28. The van der Waals surface area contributed by atoms with Gasteiger partial charge in [-0.25, -0.2) is 4.79 Å². The molecule has 1 aliphatic carbocycles. The molecule has 1 aromatic carbocycles. The molecule has 1 saturated heterocycles. The number of guanidine groups is 1. The average molecular weight is 1070 g/mol. The van der Waals surface area contributed by atoms with E-state index in [1.807, 2.05) is 30.3 Å². The Morgan fingerprint density at radius 3 is 1.95 bits per heavy atom. The summed E-state index contributed by atoms with van der Waals surface area (Å²) in [5.41, 5.74) is 28.6. The van der Waals surface area contributed by atoms with Crippen molar-refractivity contribution < 1.29 is 63.2 Å². The highest BCUT2D eigenvalue weighted by Crippen LogP contribution is 2.29. The Bertz CT molecular complexity index is 2170. The van der Waals surface area contributed by atoms with Gasteiger partial charge in [-0.1, -0.05) is 50.3 Å². The average Bonchev–Trinajstić information content (AvgIpc) is 3.39. The molecule has 0 bridgehead atoms. The molecule has 1 saturated carbocycles. The maximum Gasteiger partial charge on any atom is 0.407 e. The summed E-state index contributed by atoms with van der Waals surface area (Å²) in [6.07, 6.45) is -3.73. The number of aliphatic hydroxyl groups is 3. The number of aliphatic hydroxyl groups excluding tert-OH is 3. The molecule has 0 spiro atoms. The zero-order valence-electron chi connectivity index (χ0n) is 43.3. The van der Waals surface area contributed by atoms with Crippen molar-refractivity contribution in [2.24, 2.45) is 51.4 Å². The van der Waals surface area contributed by atoms with E-state index in [-0.39, 0.29) is 69.7 Å². The molecule has 424 valence electrons. The van der Waals surface area contributed by atoms with Gasteiger partial charge in [0.05, 0.1) is 12.2 Å². The van der Waals surface area contributed by atoms with Gasteiger partial charge in [0, 0.05) is 38.6 Å². The van der Waals surface area contributed by atoms with Gasteiger partial charge in [0.15, 0.2) is 5.96 Å². The molecule has 9 amide bonds. The number of aliphatic imine (C=N–C) groups is 1. The van der Waals surface area contributed by atoms with Gasteiger partial charge in [-0.3, -0.25) is 43.3 Å². The van der Waals surface area contributed by atoms with Crippen LogP contribution in [0.2, 0.25) is 0 Å². The van der Waals surface area contributed by atoms with Crippen molar-refractivity contribution in [2.75, 3.05) is 39.3 Å². The van der Waals surface area contributed by atoms with E-state index >= 15 is 0 Å².